The van der Waals surface area contributed by atoms with E-state index in [9.17, 15) is 0 Å². The van der Waals surface area contributed by atoms with Crippen molar-refractivity contribution >= 4 is 23.0 Å². The zero-order valence-electron chi connectivity index (χ0n) is 9.39. The molecule has 0 spiro atoms. The van der Waals surface area contributed by atoms with Gasteiger partial charge in [0.2, 0.25) is 0 Å². The highest BCUT2D eigenvalue weighted by Crippen LogP contribution is 2.27. The molecule has 5 heteroatoms. The third-order valence-corrected chi connectivity index (χ3v) is 3.23. The van der Waals surface area contributed by atoms with Crippen molar-refractivity contribution in [2.24, 2.45) is 5.73 Å². The third kappa shape index (κ3) is 2.00. The summed E-state index contributed by atoms with van der Waals surface area (Å²) >= 11 is 5.01. The third-order valence-electron chi connectivity index (χ3n) is 3.03. The molecule has 0 amide bonds. The van der Waals surface area contributed by atoms with Crippen LogP contribution in [0.2, 0.25) is 0 Å². The van der Waals surface area contributed by atoms with Gasteiger partial charge in [0.25, 0.3) is 0 Å². The van der Waals surface area contributed by atoms with E-state index in [4.69, 9.17) is 18.0 Å². The summed E-state index contributed by atoms with van der Waals surface area (Å²) in [6, 6.07) is 0.546. The maximum absolute atomic E-state index is 5.67. The Kier molecular flexibility index (Phi) is 3.33. The van der Waals surface area contributed by atoms with Crippen LogP contribution in [0.15, 0.2) is 12.4 Å². The van der Waals surface area contributed by atoms with E-state index in [-0.39, 0.29) is 0 Å². The standard InChI is InChI=1S/C11H16N4S/c1-2-8-4-3-7-15(8)11-9(10(12)16)13-5-6-14-11/h5-6,8H,2-4,7H2,1H3,(H2,12,16). The van der Waals surface area contributed by atoms with Crippen LogP contribution in [0, 0.1) is 0 Å². The van der Waals surface area contributed by atoms with Crippen molar-refractivity contribution in [1.29, 1.82) is 0 Å². The Bertz CT molecular complexity index is 393. The van der Waals surface area contributed by atoms with Crippen molar-refractivity contribution in [2.45, 2.75) is 32.2 Å². The van der Waals surface area contributed by atoms with Gasteiger partial charge in [0.15, 0.2) is 5.82 Å². The minimum Gasteiger partial charge on any atom is -0.388 e. The molecule has 1 aromatic heterocycles. The van der Waals surface area contributed by atoms with E-state index in [1.54, 1.807) is 12.4 Å². The van der Waals surface area contributed by atoms with Crippen molar-refractivity contribution in [3.63, 3.8) is 0 Å². The second kappa shape index (κ2) is 4.74. The quantitative estimate of drug-likeness (QED) is 0.806. The SMILES string of the molecule is CCC1CCCN1c1nccnc1C(N)=S. The van der Waals surface area contributed by atoms with E-state index in [0.29, 0.717) is 16.7 Å². The molecule has 0 aromatic carbocycles. The van der Waals surface area contributed by atoms with Crippen LogP contribution in [-0.2, 0) is 0 Å². The normalized spacial score (nSPS) is 20.1. The van der Waals surface area contributed by atoms with Crippen molar-refractivity contribution < 1.29 is 0 Å². The van der Waals surface area contributed by atoms with E-state index >= 15 is 0 Å². The molecule has 2 rings (SSSR count). The molecular formula is C11H16N4S. The Morgan fingerprint density at radius 1 is 1.56 bits per heavy atom. The highest BCUT2D eigenvalue weighted by Gasteiger charge is 2.26. The largest absolute Gasteiger partial charge is 0.388 e. The van der Waals surface area contributed by atoms with Crippen LogP contribution < -0.4 is 10.6 Å². The first-order valence-corrected chi connectivity index (χ1v) is 6.02. The van der Waals surface area contributed by atoms with E-state index < -0.39 is 0 Å². The van der Waals surface area contributed by atoms with E-state index in [1.807, 2.05) is 0 Å². The Labute approximate surface area is 101 Å². The van der Waals surface area contributed by atoms with Gasteiger partial charge < -0.3 is 10.6 Å². The molecule has 1 aliphatic rings. The monoisotopic (exact) mass is 236 g/mol. The van der Waals surface area contributed by atoms with Crippen LogP contribution >= 0.6 is 12.2 Å². The molecular weight excluding hydrogens is 220 g/mol. The van der Waals surface area contributed by atoms with Crippen molar-refractivity contribution in [3.8, 4) is 0 Å². The number of nitrogens with zero attached hydrogens (tertiary/aromatic N) is 3. The first kappa shape index (κ1) is 11.3. The summed E-state index contributed by atoms with van der Waals surface area (Å²) in [5.74, 6) is 0.847. The van der Waals surface area contributed by atoms with Gasteiger partial charge in [-0.05, 0) is 19.3 Å². The molecule has 2 N–H and O–H groups in total. The number of rotatable bonds is 3. The zero-order chi connectivity index (χ0) is 11.5. The lowest BCUT2D eigenvalue weighted by Crippen LogP contribution is -2.32. The van der Waals surface area contributed by atoms with Crippen LogP contribution in [0.25, 0.3) is 0 Å². The van der Waals surface area contributed by atoms with Gasteiger partial charge in [-0.1, -0.05) is 19.1 Å². The molecule has 0 radical (unpaired) electrons. The molecule has 1 unspecified atom stereocenters. The topological polar surface area (TPSA) is 55.0 Å². The predicted octanol–water partition coefficient (Wildman–Crippen LogP) is 1.49. The molecule has 4 nitrogen and oxygen atoms in total. The average molecular weight is 236 g/mol. The summed E-state index contributed by atoms with van der Waals surface area (Å²) in [5, 5.41) is 0. The minimum absolute atomic E-state index is 0.324. The second-order valence-electron chi connectivity index (χ2n) is 3.99. The Morgan fingerprint density at radius 3 is 3.00 bits per heavy atom. The van der Waals surface area contributed by atoms with Gasteiger partial charge in [0.05, 0.1) is 0 Å². The lowest BCUT2D eigenvalue weighted by molar-refractivity contribution is 0.639. The van der Waals surface area contributed by atoms with Gasteiger partial charge in [-0.2, -0.15) is 0 Å². The summed E-state index contributed by atoms with van der Waals surface area (Å²) < 4.78 is 0. The second-order valence-corrected chi connectivity index (χ2v) is 4.43. The van der Waals surface area contributed by atoms with Gasteiger partial charge in [-0.3, -0.25) is 0 Å². The highest BCUT2D eigenvalue weighted by atomic mass is 32.1. The van der Waals surface area contributed by atoms with Crippen LogP contribution in [0.5, 0.6) is 0 Å². The zero-order valence-corrected chi connectivity index (χ0v) is 10.2. The van der Waals surface area contributed by atoms with E-state index in [1.165, 1.54) is 12.8 Å². The number of hydrogen-bond donors (Lipinski definition) is 1. The average Bonchev–Trinajstić information content (AvgIpc) is 2.76. The fourth-order valence-corrected chi connectivity index (χ4v) is 2.40. The lowest BCUT2D eigenvalue weighted by atomic mass is 10.1. The lowest BCUT2D eigenvalue weighted by Gasteiger charge is -2.25. The summed E-state index contributed by atoms with van der Waals surface area (Å²) in [7, 11) is 0. The summed E-state index contributed by atoms with van der Waals surface area (Å²) in [4.78, 5) is 11.2. The van der Waals surface area contributed by atoms with Gasteiger partial charge in [-0.15, -0.1) is 0 Å². The molecule has 2 heterocycles. The number of anilines is 1. The number of aromatic nitrogens is 2. The first-order valence-electron chi connectivity index (χ1n) is 5.61. The van der Waals surface area contributed by atoms with Crippen LogP contribution in [0.3, 0.4) is 0 Å². The van der Waals surface area contributed by atoms with Crippen molar-refractivity contribution in [3.05, 3.63) is 18.1 Å². The molecule has 1 aromatic rings. The smallest absolute Gasteiger partial charge is 0.157 e. The molecule has 16 heavy (non-hydrogen) atoms. The van der Waals surface area contributed by atoms with Crippen LogP contribution in [-0.4, -0.2) is 27.5 Å². The molecule has 86 valence electrons. The molecule has 0 aliphatic carbocycles. The fraction of sp³-hybridized carbons (Fsp3) is 0.545. The molecule has 1 fully saturated rings. The van der Waals surface area contributed by atoms with Gasteiger partial charge in [0.1, 0.15) is 10.7 Å². The molecule has 1 atom stereocenters. The maximum Gasteiger partial charge on any atom is 0.157 e. The van der Waals surface area contributed by atoms with Crippen LogP contribution in [0.4, 0.5) is 5.82 Å². The minimum atomic E-state index is 0.324. The Hall–Kier alpha value is -1.23. The summed E-state index contributed by atoms with van der Waals surface area (Å²) in [5.41, 5.74) is 6.32. The van der Waals surface area contributed by atoms with Crippen molar-refractivity contribution in [2.75, 3.05) is 11.4 Å². The molecule has 1 aliphatic heterocycles. The number of thiocarbonyl (C=S) groups is 1. The number of nitrogens with two attached hydrogens (primary N) is 1. The Morgan fingerprint density at radius 2 is 2.31 bits per heavy atom. The van der Waals surface area contributed by atoms with Gasteiger partial charge in [-0.25, -0.2) is 9.97 Å². The van der Waals surface area contributed by atoms with E-state index in [2.05, 4.69) is 21.8 Å². The van der Waals surface area contributed by atoms with E-state index in [0.717, 1.165) is 18.8 Å². The summed E-state index contributed by atoms with van der Waals surface area (Å²) in [6.45, 7) is 3.21. The Balaban J connectivity index is 2.35. The van der Waals surface area contributed by atoms with Crippen molar-refractivity contribution in [1.82, 2.24) is 9.97 Å². The molecule has 1 saturated heterocycles. The highest BCUT2D eigenvalue weighted by molar-refractivity contribution is 7.80. The first-order chi connectivity index (χ1) is 7.74. The van der Waals surface area contributed by atoms with Crippen LogP contribution in [0.1, 0.15) is 31.9 Å². The summed E-state index contributed by atoms with van der Waals surface area (Å²) in [6.07, 6.45) is 6.86. The fourth-order valence-electron chi connectivity index (χ4n) is 2.25. The number of hydrogen-bond acceptors (Lipinski definition) is 4. The molecule has 0 bridgehead atoms. The van der Waals surface area contributed by atoms with Gasteiger partial charge >= 0.3 is 0 Å². The molecule has 0 saturated carbocycles. The van der Waals surface area contributed by atoms with Gasteiger partial charge in [0, 0.05) is 25.0 Å². The predicted molar refractivity (Wildman–Crippen MR) is 68.6 cm³/mol. The maximum atomic E-state index is 5.67.